The lowest BCUT2D eigenvalue weighted by Crippen LogP contribution is -2.09. The van der Waals surface area contributed by atoms with Crippen LogP contribution in [0.25, 0.3) is 21.3 Å². The third-order valence-corrected chi connectivity index (χ3v) is 4.56. The van der Waals surface area contributed by atoms with E-state index in [1.807, 2.05) is 0 Å². The zero-order valence-electron chi connectivity index (χ0n) is 12.7. The Morgan fingerprint density at radius 1 is 1.26 bits per heavy atom. The van der Waals surface area contributed by atoms with Crippen molar-refractivity contribution in [3.63, 3.8) is 0 Å². The van der Waals surface area contributed by atoms with Crippen molar-refractivity contribution in [3.05, 3.63) is 41.5 Å². The number of hydrogen-bond donors (Lipinski definition) is 2. The van der Waals surface area contributed by atoms with E-state index in [-0.39, 0.29) is 6.42 Å². The molecular weight excluding hydrogens is 310 g/mol. The lowest BCUT2D eigenvalue weighted by molar-refractivity contribution is -0.136. The third kappa shape index (κ3) is 3.32. The van der Waals surface area contributed by atoms with Crippen LogP contribution in [0, 0.1) is 0 Å². The van der Waals surface area contributed by atoms with Crippen molar-refractivity contribution in [2.75, 3.05) is 11.9 Å². The van der Waals surface area contributed by atoms with Crippen molar-refractivity contribution >= 4 is 33.3 Å². The number of thiophene rings is 1. The minimum atomic E-state index is -0.830. The summed E-state index contributed by atoms with van der Waals surface area (Å²) in [6, 6.07) is 8.46. The molecule has 2 aromatic heterocycles. The predicted octanol–water partition coefficient (Wildman–Crippen LogP) is 3.81. The lowest BCUT2D eigenvalue weighted by atomic mass is 10.0. The number of aromatic nitrogens is 2. The van der Waals surface area contributed by atoms with Crippen LogP contribution in [0.3, 0.4) is 0 Å². The highest BCUT2D eigenvalue weighted by molar-refractivity contribution is 7.17. The molecular formula is C17H17N3O2S. The van der Waals surface area contributed by atoms with E-state index in [2.05, 4.69) is 51.9 Å². The summed E-state index contributed by atoms with van der Waals surface area (Å²) >= 11 is 1.57. The smallest absolute Gasteiger partial charge is 0.305 e. The van der Waals surface area contributed by atoms with E-state index in [9.17, 15) is 4.79 Å². The van der Waals surface area contributed by atoms with Gasteiger partial charge in [-0.25, -0.2) is 9.97 Å². The normalized spacial score (nSPS) is 10.8. The quantitative estimate of drug-likeness (QED) is 0.720. The average molecular weight is 327 g/mol. The number of nitrogens with zero attached hydrogens (tertiary/aromatic N) is 2. The van der Waals surface area contributed by atoms with Crippen LogP contribution in [0.5, 0.6) is 0 Å². The molecule has 0 aliphatic carbocycles. The van der Waals surface area contributed by atoms with Crippen LogP contribution in [0.2, 0.25) is 0 Å². The fourth-order valence-electron chi connectivity index (χ4n) is 2.43. The van der Waals surface area contributed by atoms with Gasteiger partial charge in [-0.3, -0.25) is 4.79 Å². The first-order valence-corrected chi connectivity index (χ1v) is 8.34. The van der Waals surface area contributed by atoms with Crippen molar-refractivity contribution < 1.29 is 9.90 Å². The summed E-state index contributed by atoms with van der Waals surface area (Å²) in [6.45, 7) is 2.47. The van der Waals surface area contributed by atoms with Crippen molar-refractivity contribution in [2.45, 2.75) is 19.8 Å². The highest BCUT2D eigenvalue weighted by Crippen LogP contribution is 2.36. The van der Waals surface area contributed by atoms with Gasteiger partial charge in [0.1, 0.15) is 17.0 Å². The number of carboxylic acid groups (broad SMARTS) is 1. The molecule has 118 valence electrons. The summed E-state index contributed by atoms with van der Waals surface area (Å²) < 4.78 is 0. The molecule has 0 bridgehead atoms. The monoisotopic (exact) mass is 327 g/mol. The molecule has 0 aliphatic rings. The molecule has 1 aromatic carbocycles. The van der Waals surface area contributed by atoms with E-state index in [0.717, 1.165) is 27.8 Å². The molecule has 3 aromatic rings. The molecule has 0 spiro atoms. The van der Waals surface area contributed by atoms with Crippen LogP contribution in [0.4, 0.5) is 5.82 Å². The number of fused-ring (bicyclic) bond motifs is 1. The molecule has 0 saturated carbocycles. The highest BCUT2D eigenvalue weighted by Gasteiger charge is 2.13. The summed E-state index contributed by atoms with van der Waals surface area (Å²) in [6.07, 6.45) is 2.57. The molecule has 2 heterocycles. The standard InChI is InChI=1S/C17H17N3O2S/c1-2-11-3-5-12(6-4-11)13-9-23-17-15(13)16(19-10-20-17)18-8-7-14(21)22/h3-6,9-10H,2,7-8H2,1H3,(H,21,22)(H,18,19,20). The van der Waals surface area contributed by atoms with Gasteiger partial charge in [-0.1, -0.05) is 31.2 Å². The molecule has 0 radical (unpaired) electrons. The Kier molecular flexibility index (Phi) is 4.52. The summed E-state index contributed by atoms with van der Waals surface area (Å²) in [5, 5.41) is 14.9. The fourth-order valence-corrected chi connectivity index (χ4v) is 3.35. The number of aryl methyl sites for hydroxylation is 1. The molecule has 0 unspecified atom stereocenters. The number of nitrogens with one attached hydrogen (secondary N) is 1. The second kappa shape index (κ2) is 6.75. The maximum Gasteiger partial charge on any atom is 0.305 e. The Bertz CT molecular complexity index is 827. The first-order valence-electron chi connectivity index (χ1n) is 7.46. The predicted molar refractivity (Wildman–Crippen MR) is 93.0 cm³/mol. The summed E-state index contributed by atoms with van der Waals surface area (Å²) in [5.41, 5.74) is 3.49. The Morgan fingerprint density at radius 2 is 2.04 bits per heavy atom. The number of carboxylic acids is 1. The number of benzene rings is 1. The van der Waals surface area contributed by atoms with Gasteiger partial charge in [0.05, 0.1) is 11.8 Å². The van der Waals surface area contributed by atoms with Gasteiger partial charge in [-0.15, -0.1) is 11.3 Å². The van der Waals surface area contributed by atoms with Crippen LogP contribution < -0.4 is 5.32 Å². The van der Waals surface area contributed by atoms with E-state index in [0.29, 0.717) is 12.4 Å². The van der Waals surface area contributed by atoms with Gasteiger partial charge < -0.3 is 10.4 Å². The Labute approximate surface area is 138 Å². The molecule has 2 N–H and O–H groups in total. The van der Waals surface area contributed by atoms with E-state index in [1.165, 1.54) is 11.9 Å². The van der Waals surface area contributed by atoms with Crippen LogP contribution in [0.15, 0.2) is 36.0 Å². The van der Waals surface area contributed by atoms with E-state index >= 15 is 0 Å². The van der Waals surface area contributed by atoms with Gasteiger partial charge in [0.25, 0.3) is 0 Å². The number of anilines is 1. The lowest BCUT2D eigenvalue weighted by Gasteiger charge is -2.07. The summed E-state index contributed by atoms with van der Waals surface area (Å²) in [5.74, 6) is -0.143. The van der Waals surface area contributed by atoms with Gasteiger partial charge in [0.2, 0.25) is 0 Å². The van der Waals surface area contributed by atoms with Gasteiger partial charge in [-0.2, -0.15) is 0 Å². The van der Waals surface area contributed by atoms with Gasteiger partial charge >= 0.3 is 5.97 Å². The summed E-state index contributed by atoms with van der Waals surface area (Å²) in [4.78, 5) is 20.2. The van der Waals surface area contributed by atoms with Crippen LogP contribution in [-0.2, 0) is 11.2 Å². The van der Waals surface area contributed by atoms with E-state index in [1.54, 1.807) is 11.3 Å². The first kappa shape index (κ1) is 15.4. The number of aliphatic carboxylic acids is 1. The highest BCUT2D eigenvalue weighted by atomic mass is 32.1. The molecule has 0 amide bonds. The minimum Gasteiger partial charge on any atom is -0.481 e. The largest absolute Gasteiger partial charge is 0.481 e. The molecule has 0 atom stereocenters. The second-order valence-corrected chi connectivity index (χ2v) is 6.03. The van der Waals surface area contributed by atoms with Crippen molar-refractivity contribution in [2.24, 2.45) is 0 Å². The summed E-state index contributed by atoms with van der Waals surface area (Å²) in [7, 11) is 0. The Balaban J connectivity index is 1.98. The number of rotatable bonds is 6. The molecule has 0 fully saturated rings. The topological polar surface area (TPSA) is 75.1 Å². The third-order valence-electron chi connectivity index (χ3n) is 3.67. The zero-order chi connectivity index (χ0) is 16.2. The maximum absolute atomic E-state index is 10.7. The van der Waals surface area contributed by atoms with Crippen molar-refractivity contribution in [3.8, 4) is 11.1 Å². The fraction of sp³-hybridized carbons (Fsp3) is 0.235. The van der Waals surface area contributed by atoms with E-state index < -0.39 is 5.97 Å². The Hall–Kier alpha value is -2.47. The van der Waals surface area contributed by atoms with Gasteiger partial charge in [-0.05, 0) is 17.5 Å². The molecule has 5 nitrogen and oxygen atoms in total. The minimum absolute atomic E-state index is 0.0517. The van der Waals surface area contributed by atoms with Crippen LogP contribution in [-0.4, -0.2) is 27.6 Å². The van der Waals surface area contributed by atoms with E-state index in [4.69, 9.17) is 5.11 Å². The van der Waals surface area contributed by atoms with Crippen molar-refractivity contribution in [1.82, 2.24) is 9.97 Å². The maximum atomic E-state index is 10.7. The SMILES string of the molecule is CCc1ccc(-c2csc3ncnc(NCCC(=O)O)c23)cc1. The molecule has 23 heavy (non-hydrogen) atoms. The molecule has 0 aliphatic heterocycles. The molecule has 3 rings (SSSR count). The average Bonchev–Trinajstić information content (AvgIpc) is 2.99. The molecule has 0 saturated heterocycles. The second-order valence-electron chi connectivity index (χ2n) is 5.17. The van der Waals surface area contributed by atoms with Crippen molar-refractivity contribution in [1.29, 1.82) is 0 Å². The van der Waals surface area contributed by atoms with Gasteiger partial charge in [0, 0.05) is 17.5 Å². The zero-order valence-corrected chi connectivity index (χ0v) is 13.6. The molecule has 6 heteroatoms. The Morgan fingerprint density at radius 3 is 2.74 bits per heavy atom. The number of carbonyl (C=O) groups is 1. The first-order chi connectivity index (χ1) is 11.2. The van der Waals surface area contributed by atoms with Crippen LogP contribution >= 0.6 is 11.3 Å². The van der Waals surface area contributed by atoms with Gasteiger partial charge in [0.15, 0.2) is 0 Å². The van der Waals surface area contributed by atoms with Crippen LogP contribution in [0.1, 0.15) is 18.9 Å². The number of hydrogen-bond acceptors (Lipinski definition) is 5.